The fourth-order valence-electron chi connectivity index (χ4n) is 16.1. The fraction of sp³-hybridized carbons (Fsp3) is 0.231. The molecule has 0 aliphatic carbocycles. The summed E-state index contributed by atoms with van der Waals surface area (Å²) in [5.74, 6) is 0. The van der Waals surface area contributed by atoms with E-state index >= 15 is 0 Å². The molecular formula is C143H172. The molecule has 0 saturated heterocycles. The molecule has 744 valence electrons. The molecule has 143 heavy (non-hydrogen) atoms. The zero-order valence-electron chi connectivity index (χ0n) is 93.6. The van der Waals surface area contributed by atoms with Crippen LogP contribution >= 0.6 is 0 Å². The lowest BCUT2D eigenvalue weighted by molar-refractivity contribution is 1.48. The van der Waals surface area contributed by atoms with Gasteiger partial charge in [0.15, 0.2) is 0 Å². The highest BCUT2D eigenvalue weighted by molar-refractivity contribution is 6.11. The lowest BCUT2D eigenvalue weighted by Crippen LogP contribution is -1.81. The normalized spacial score (nSPS) is 9.43. The van der Waals surface area contributed by atoms with Gasteiger partial charge < -0.3 is 0 Å². The Morgan fingerprint density at radius 3 is 0.755 bits per heavy atom. The first-order valence-corrected chi connectivity index (χ1v) is 53.4. The Morgan fingerprint density at radius 1 is 0.0909 bits per heavy atom. The lowest BCUT2D eigenvalue weighted by atomic mass is 9.98. The first-order valence-electron chi connectivity index (χ1n) is 53.4. The fourth-order valence-corrected chi connectivity index (χ4v) is 16.1. The molecule has 0 aliphatic rings. The highest BCUT2D eigenvalue weighted by Gasteiger charge is 2.07. The molecule has 23 aromatic rings. The van der Waals surface area contributed by atoms with E-state index in [0.29, 0.717) is 0 Å². The van der Waals surface area contributed by atoms with Crippen molar-refractivity contribution in [2.45, 2.75) is 228 Å². The van der Waals surface area contributed by atoms with Crippen molar-refractivity contribution in [2.24, 2.45) is 0 Å². The molecule has 23 rings (SSSR count). The van der Waals surface area contributed by atoms with Crippen molar-refractivity contribution in [3.63, 3.8) is 0 Å². The first kappa shape index (κ1) is 123. The van der Waals surface area contributed by atoms with Gasteiger partial charge in [-0.3, -0.25) is 0 Å². The quantitative estimate of drug-likeness (QED) is 0.105. The van der Waals surface area contributed by atoms with Crippen molar-refractivity contribution in [1.29, 1.82) is 0 Å². The van der Waals surface area contributed by atoms with Gasteiger partial charge in [-0.2, -0.15) is 0 Å². The third-order valence-corrected chi connectivity index (χ3v) is 22.5. The number of aryl methyl sites for hydroxylation is 9. The summed E-state index contributed by atoms with van der Waals surface area (Å²) in [7, 11) is 0. The predicted molar refractivity (Wildman–Crippen MR) is 662 cm³/mol. The number of rotatable bonds is 0. The summed E-state index contributed by atoms with van der Waals surface area (Å²) in [6, 6.07) is 157. The zero-order chi connectivity index (χ0) is 106. The minimum absolute atomic E-state index is 1.31. The maximum absolute atomic E-state index is 2.28. The van der Waals surface area contributed by atoms with Gasteiger partial charge in [0.05, 0.1) is 0 Å². The Morgan fingerprint density at radius 2 is 0.315 bits per heavy atom. The van der Waals surface area contributed by atoms with Crippen molar-refractivity contribution in [1.82, 2.24) is 0 Å². The van der Waals surface area contributed by atoms with Crippen LogP contribution in [0.4, 0.5) is 0 Å². The van der Waals surface area contributed by atoms with Crippen molar-refractivity contribution in [3.05, 3.63) is 493 Å². The van der Waals surface area contributed by atoms with Gasteiger partial charge in [0.1, 0.15) is 0 Å². The average Bonchev–Trinajstić information content (AvgIpc) is 0.791. The van der Waals surface area contributed by atoms with Gasteiger partial charge in [0, 0.05) is 0 Å². The monoisotopic (exact) mass is 1890 g/mol. The van der Waals surface area contributed by atoms with Crippen LogP contribution in [0, 0.1) is 62.3 Å². The van der Waals surface area contributed by atoms with Crippen molar-refractivity contribution < 1.29 is 0 Å². The predicted octanol–water partition coefficient (Wildman–Crippen LogP) is 46.4. The Labute approximate surface area is 866 Å². The zero-order valence-corrected chi connectivity index (χ0v) is 93.6. The second kappa shape index (κ2) is 71.2. The number of fused-ring (bicyclic) bond motifs is 17. The molecule has 0 bridgehead atoms. The standard InChI is InChI=1S/6C15H12.2C11H10.C7H8.12C2H6/c1-11-14-8-4-2-6-12(14)10-13-7-3-5-9-15(11)13;1-11-10-12-6-2-3-8-14(12)15-9-5-4-7-13(11)15;1-11-5-4-8-14-9-12-6-2-3-7-13(12)10-15(11)14;1-11-6-9-15-13(10-11)8-7-12-4-2-3-5-14(12)15;1-11-6-7-14-9-12-4-2-3-5-13(12)10-15(14)8-11;1-11-6-7-13-9-8-12-4-2-3-5-14(12)15(13)10-11;1-9-5-4-7-10-6-2-3-8-11(9)10;1-9-6-7-10-4-2-3-5-11(10)8-9;1-7-5-3-2-4-6-7;12*1-2/h6*2-10H,1H3;2*2-8H,1H3;2-6H,1H3;12*1-2H3. The average molecular weight is 1890 g/mol. The molecule has 0 aliphatic heterocycles. The molecule has 0 radical (unpaired) electrons. The Bertz CT molecular complexity index is 7310. The van der Waals surface area contributed by atoms with E-state index in [1.807, 2.05) is 184 Å². The molecule has 0 spiro atoms. The van der Waals surface area contributed by atoms with Gasteiger partial charge in [-0.1, -0.05) is 606 Å². The third kappa shape index (κ3) is 36.9. The highest BCUT2D eigenvalue weighted by Crippen LogP contribution is 2.33. The molecule has 0 amide bonds. The topological polar surface area (TPSA) is 0 Å². The highest BCUT2D eigenvalue weighted by atomic mass is 14.1. The van der Waals surface area contributed by atoms with Crippen LogP contribution in [-0.4, -0.2) is 0 Å². The molecule has 0 heterocycles. The van der Waals surface area contributed by atoms with Crippen LogP contribution in [0.15, 0.2) is 443 Å². The molecule has 23 aromatic carbocycles. The summed E-state index contributed by atoms with van der Waals surface area (Å²) < 4.78 is 0. The lowest BCUT2D eigenvalue weighted by Gasteiger charge is -2.06. The molecule has 0 fully saturated rings. The van der Waals surface area contributed by atoms with Crippen LogP contribution in [0.2, 0.25) is 0 Å². The molecule has 0 aromatic heterocycles. The van der Waals surface area contributed by atoms with Crippen LogP contribution in [0.1, 0.15) is 216 Å². The number of hydrogen-bond donors (Lipinski definition) is 0. The first-order chi connectivity index (χ1) is 70.2. The van der Waals surface area contributed by atoms with E-state index in [-0.39, 0.29) is 0 Å². The maximum Gasteiger partial charge on any atom is -0.0103 e. The molecule has 0 heteroatoms. The smallest absolute Gasteiger partial charge is 0.0103 e. The molecular weight excluding hydrogens is 1720 g/mol. The summed E-state index contributed by atoms with van der Waals surface area (Å²) in [5.41, 5.74) is 12.0. The van der Waals surface area contributed by atoms with Gasteiger partial charge in [-0.05, 0) is 266 Å². The van der Waals surface area contributed by atoms with E-state index in [2.05, 4.69) is 487 Å². The summed E-state index contributed by atoms with van der Waals surface area (Å²) >= 11 is 0. The maximum atomic E-state index is 2.28. The van der Waals surface area contributed by atoms with Crippen LogP contribution in [-0.2, 0) is 0 Å². The molecule has 0 atom stereocenters. The van der Waals surface area contributed by atoms with E-state index < -0.39 is 0 Å². The van der Waals surface area contributed by atoms with Crippen LogP contribution < -0.4 is 0 Å². The van der Waals surface area contributed by atoms with Gasteiger partial charge >= 0.3 is 0 Å². The minimum Gasteiger partial charge on any atom is -0.0683 e. The van der Waals surface area contributed by atoms with Crippen molar-refractivity contribution >= 4 is 151 Å². The third-order valence-electron chi connectivity index (χ3n) is 22.5. The summed E-state index contributed by atoms with van der Waals surface area (Å²) in [4.78, 5) is 0. The number of benzene rings is 23. The van der Waals surface area contributed by atoms with Gasteiger partial charge in [-0.15, -0.1) is 0 Å². The van der Waals surface area contributed by atoms with E-state index in [9.17, 15) is 0 Å². The Balaban J connectivity index is 0.000000404. The van der Waals surface area contributed by atoms with Crippen LogP contribution in [0.3, 0.4) is 0 Å². The SMILES string of the molecule is CC.CC.CC.CC.CC.CC.CC.CC.CC.CC.CC.CC.Cc1c2ccccc2cc2ccccc12.Cc1cc2ccccc2c2ccccc12.Cc1ccc2c(ccc3ccccc32)c1.Cc1ccc2cc3ccccc3cc2c1.Cc1ccc2ccc3ccccc3c2c1.Cc1ccc2ccccc2c1.Cc1cccc2cc3ccccc3cc12.Cc1cccc2ccccc12.Cc1ccccc1. The van der Waals surface area contributed by atoms with E-state index in [0.717, 1.165) is 0 Å². The Kier molecular flexibility index (Phi) is 61.2. The van der Waals surface area contributed by atoms with E-state index in [4.69, 9.17) is 0 Å². The summed E-state index contributed by atoms with van der Waals surface area (Å²) in [5, 5.41) is 37.3. The van der Waals surface area contributed by atoms with Crippen molar-refractivity contribution in [3.8, 4) is 0 Å². The molecule has 0 nitrogen and oxygen atoms in total. The molecule has 0 saturated carbocycles. The van der Waals surface area contributed by atoms with Gasteiger partial charge in [0.2, 0.25) is 0 Å². The summed E-state index contributed by atoms with van der Waals surface area (Å²) in [6.45, 7) is 67.3. The number of hydrogen-bond acceptors (Lipinski definition) is 0. The van der Waals surface area contributed by atoms with Crippen LogP contribution in [0.5, 0.6) is 0 Å². The molecule has 0 unspecified atom stereocenters. The van der Waals surface area contributed by atoms with Gasteiger partial charge in [0.25, 0.3) is 0 Å². The summed E-state index contributed by atoms with van der Waals surface area (Å²) in [6.07, 6.45) is 0. The largest absolute Gasteiger partial charge is 0.0683 e. The second-order valence-corrected chi connectivity index (χ2v) is 31.3. The van der Waals surface area contributed by atoms with Crippen molar-refractivity contribution in [2.75, 3.05) is 0 Å². The Hall–Kier alpha value is -14.3. The van der Waals surface area contributed by atoms with E-state index in [1.165, 1.54) is 201 Å². The second-order valence-electron chi connectivity index (χ2n) is 31.3. The van der Waals surface area contributed by atoms with Crippen LogP contribution in [0.25, 0.3) is 151 Å². The minimum atomic E-state index is 1.31. The van der Waals surface area contributed by atoms with E-state index in [1.54, 1.807) is 0 Å². The van der Waals surface area contributed by atoms with Gasteiger partial charge in [-0.25, -0.2) is 0 Å². The molecule has 0 N–H and O–H groups in total.